The minimum Gasteiger partial charge on any atom is -0.492 e. The van der Waals surface area contributed by atoms with Gasteiger partial charge < -0.3 is 9.64 Å². The van der Waals surface area contributed by atoms with Crippen LogP contribution in [-0.4, -0.2) is 40.3 Å². The Morgan fingerprint density at radius 2 is 1.96 bits per heavy atom. The molecule has 0 N–H and O–H groups in total. The van der Waals surface area contributed by atoms with E-state index < -0.39 is 0 Å². The summed E-state index contributed by atoms with van der Waals surface area (Å²) in [6, 6.07) is 11.4. The molecule has 2 fully saturated rings. The summed E-state index contributed by atoms with van der Waals surface area (Å²) >= 11 is 0. The van der Waals surface area contributed by atoms with Gasteiger partial charge in [-0.2, -0.15) is 5.10 Å². The van der Waals surface area contributed by atoms with E-state index in [9.17, 15) is 9.59 Å². The first kappa shape index (κ1) is 16.5. The number of carbonyl (C=O) groups is 1. The Labute approximate surface area is 157 Å². The average molecular weight is 365 g/mol. The normalized spacial score (nSPS) is 21.9. The standard InChI is InChI=1S/C21H23N3O3/c25-20-8-7-18(15-5-6-15)22-24(20)12-14-10-23(11-14)21(26)17-9-16-3-1-2-4-19(16)27-13-17/h1-4,7-8,14-15,17H,5-6,9-13H2. The molecule has 1 saturated carbocycles. The first-order valence-electron chi connectivity index (χ1n) is 9.75. The Hall–Kier alpha value is -2.63. The average Bonchev–Trinajstić information content (AvgIpc) is 3.50. The predicted molar refractivity (Wildman–Crippen MR) is 99.7 cm³/mol. The molecule has 0 spiro atoms. The quantitative estimate of drug-likeness (QED) is 0.829. The van der Waals surface area contributed by atoms with Crippen LogP contribution in [0.15, 0.2) is 41.2 Å². The molecule has 2 aromatic rings. The highest BCUT2D eigenvalue weighted by molar-refractivity contribution is 5.80. The highest BCUT2D eigenvalue weighted by Crippen LogP contribution is 2.38. The predicted octanol–water partition coefficient (Wildman–Crippen LogP) is 1.83. The second kappa shape index (κ2) is 6.51. The maximum Gasteiger partial charge on any atom is 0.266 e. The number of amides is 1. The zero-order valence-corrected chi connectivity index (χ0v) is 15.2. The number of nitrogens with zero attached hydrogens (tertiary/aromatic N) is 3. The van der Waals surface area contributed by atoms with E-state index in [0.717, 1.165) is 23.4 Å². The Balaban J connectivity index is 1.18. The van der Waals surface area contributed by atoms with E-state index in [1.54, 1.807) is 10.7 Å². The molecule has 2 aliphatic heterocycles. The third kappa shape index (κ3) is 3.24. The third-order valence-corrected chi connectivity index (χ3v) is 5.81. The maximum atomic E-state index is 12.8. The summed E-state index contributed by atoms with van der Waals surface area (Å²) in [5.74, 6) is 1.77. The Morgan fingerprint density at radius 3 is 2.78 bits per heavy atom. The van der Waals surface area contributed by atoms with Gasteiger partial charge in [0.2, 0.25) is 5.91 Å². The van der Waals surface area contributed by atoms with E-state index in [2.05, 4.69) is 5.10 Å². The fourth-order valence-corrected chi connectivity index (χ4v) is 4.05. The van der Waals surface area contributed by atoms with Crippen molar-refractivity contribution in [1.82, 2.24) is 14.7 Å². The minimum absolute atomic E-state index is 0.0542. The largest absolute Gasteiger partial charge is 0.492 e. The molecule has 1 aromatic heterocycles. The molecule has 1 amide bonds. The van der Waals surface area contributed by atoms with Gasteiger partial charge in [0, 0.05) is 31.0 Å². The number of benzene rings is 1. The van der Waals surface area contributed by atoms with Gasteiger partial charge in [-0.05, 0) is 37.0 Å². The Morgan fingerprint density at radius 1 is 1.15 bits per heavy atom. The summed E-state index contributed by atoms with van der Waals surface area (Å²) in [5.41, 5.74) is 2.08. The van der Waals surface area contributed by atoms with Gasteiger partial charge >= 0.3 is 0 Å². The summed E-state index contributed by atoms with van der Waals surface area (Å²) in [6.07, 6.45) is 3.08. The van der Waals surface area contributed by atoms with Crippen LogP contribution in [0.5, 0.6) is 5.75 Å². The van der Waals surface area contributed by atoms with Crippen LogP contribution in [0.4, 0.5) is 0 Å². The molecular weight excluding hydrogens is 342 g/mol. The summed E-state index contributed by atoms with van der Waals surface area (Å²) in [5, 5.41) is 4.52. The first-order valence-corrected chi connectivity index (χ1v) is 9.75. The van der Waals surface area contributed by atoms with Crippen molar-refractivity contribution in [3.8, 4) is 5.75 Å². The van der Waals surface area contributed by atoms with Gasteiger partial charge in [0.25, 0.3) is 5.56 Å². The number of para-hydroxylation sites is 1. The second-order valence-electron chi connectivity index (χ2n) is 7.98. The molecular formula is C21H23N3O3. The van der Waals surface area contributed by atoms with Gasteiger partial charge in [0.1, 0.15) is 12.4 Å². The van der Waals surface area contributed by atoms with E-state index >= 15 is 0 Å². The Kier molecular flexibility index (Phi) is 3.99. The molecule has 1 aromatic carbocycles. The molecule has 27 heavy (non-hydrogen) atoms. The number of hydrogen-bond acceptors (Lipinski definition) is 4. The highest BCUT2D eigenvalue weighted by Gasteiger charge is 2.37. The number of aromatic nitrogens is 2. The number of carbonyl (C=O) groups excluding carboxylic acids is 1. The van der Waals surface area contributed by atoms with Crippen molar-refractivity contribution in [2.24, 2.45) is 11.8 Å². The lowest BCUT2D eigenvalue weighted by Gasteiger charge is -2.41. The topological polar surface area (TPSA) is 64.4 Å². The molecule has 1 aliphatic carbocycles. The van der Waals surface area contributed by atoms with Crippen molar-refractivity contribution in [1.29, 1.82) is 0 Å². The zero-order valence-electron chi connectivity index (χ0n) is 15.2. The zero-order chi connectivity index (χ0) is 18.4. The third-order valence-electron chi connectivity index (χ3n) is 5.81. The lowest BCUT2D eigenvalue weighted by Crippen LogP contribution is -2.55. The van der Waals surface area contributed by atoms with Gasteiger partial charge in [0.15, 0.2) is 0 Å². The van der Waals surface area contributed by atoms with Crippen molar-refractivity contribution < 1.29 is 9.53 Å². The lowest BCUT2D eigenvalue weighted by atomic mass is 9.92. The number of likely N-dealkylation sites (tertiary alicyclic amines) is 1. The van der Waals surface area contributed by atoms with Crippen LogP contribution in [0.25, 0.3) is 0 Å². The van der Waals surface area contributed by atoms with Gasteiger partial charge in [-0.1, -0.05) is 18.2 Å². The summed E-state index contributed by atoms with van der Waals surface area (Å²) < 4.78 is 7.34. The van der Waals surface area contributed by atoms with E-state index in [-0.39, 0.29) is 17.4 Å². The summed E-state index contributed by atoms with van der Waals surface area (Å²) in [6.45, 7) is 2.42. The molecule has 0 bridgehead atoms. The van der Waals surface area contributed by atoms with Crippen molar-refractivity contribution >= 4 is 5.91 Å². The number of hydrogen-bond donors (Lipinski definition) is 0. The molecule has 3 aliphatic rings. The summed E-state index contributed by atoms with van der Waals surface area (Å²) in [4.78, 5) is 26.7. The molecule has 6 heteroatoms. The summed E-state index contributed by atoms with van der Waals surface area (Å²) in [7, 11) is 0. The van der Waals surface area contributed by atoms with Crippen LogP contribution in [0.3, 0.4) is 0 Å². The van der Waals surface area contributed by atoms with E-state index in [1.165, 1.54) is 12.8 Å². The van der Waals surface area contributed by atoms with E-state index in [4.69, 9.17) is 4.74 Å². The van der Waals surface area contributed by atoms with Crippen molar-refractivity contribution in [2.75, 3.05) is 19.7 Å². The smallest absolute Gasteiger partial charge is 0.266 e. The monoisotopic (exact) mass is 365 g/mol. The van der Waals surface area contributed by atoms with Crippen LogP contribution in [0.1, 0.15) is 30.0 Å². The molecule has 0 radical (unpaired) electrons. The first-order chi connectivity index (χ1) is 13.2. The van der Waals surface area contributed by atoms with E-state index in [0.29, 0.717) is 38.1 Å². The van der Waals surface area contributed by atoms with Crippen molar-refractivity contribution in [3.63, 3.8) is 0 Å². The number of fused-ring (bicyclic) bond motifs is 1. The van der Waals surface area contributed by atoms with E-state index in [1.807, 2.05) is 35.2 Å². The highest BCUT2D eigenvalue weighted by atomic mass is 16.5. The van der Waals surface area contributed by atoms with Gasteiger partial charge in [-0.3, -0.25) is 9.59 Å². The molecule has 6 nitrogen and oxygen atoms in total. The van der Waals surface area contributed by atoms with Crippen molar-refractivity contribution in [2.45, 2.75) is 31.7 Å². The van der Waals surface area contributed by atoms with Crippen molar-refractivity contribution in [3.05, 3.63) is 58.0 Å². The lowest BCUT2D eigenvalue weighted by molar-refractivity contribution is -0.143. The van der Waals surface area contributed by atoms with Crippen LogP contribution in [0, 0.1) is 11.8 Å². The minimum atomic E-state index is -0.111. The maximum absolute atomic E-state index is 12.8. The molecule has 1 saturated heterocycles. The molecule has 3 heterocycles. The van der Waals surface area contributed by atoms with Crippen LogP contribution < -0.4 is 10.3 Å². The second-order valence-corrected chi connectivity index (χ2v) is 7.98. The SMILES string of the molecule is O=C(C1COc2ccccc2C1)N1CC(Cn2nc(C3CC3)ccc2=O)C1. The number of ether oxygens (including phenoxy) is 1. The molecule has 5 rings (SSSR count). The van der Waals surface area contributed by atoms with Crippen LogP contribution >= 0.6 is 0 Å². The van der Waals surface area contributed by atoms with Crippen LogP contribution in [-0.2, 0) is 17.8 Å². The molecule has 1 atom stereocenters. The fourth-order valence-electron chi connectivity index (χ4n) is 4.05. The van der Waals surface area contributed by atoms with Gasteiger partial charge in [0.05, 0.1) is 18.2 Å². The van der Waals surface area contributed by atoms with Gasteiger partial charge in [-0.15, -0.1) is 0 Å². The van der Waals surface area contributed by atoms with Gasteiger partial charge in [-0.25, -0.2) is 4.68 Å². The molecule has 140 valence electrons. The van der Waals surface area contributed by atoms with Crippen LogP contribution in [0.2, 0.25) is 0 Å². The number of rotatable bonds is 4. The molecule has 1 unspecified atom stereocenters. The fraction of sp³-hybridized carbons (Fsp3) is 0.476. The Bertz CT molecular complexity index is 928.